The molecule has 0 saturated carbocycles. The molecule has 0 radical (unpaired) electrons. The van der Waals surface area contributed by atoms with E-state index in [1.54, 1.807) is 11.3 Å². The van der Waals surface area contributed by atoms with E-state index in [1.165, 1.54) is 37.7 Å². The minimum atomic E-state index is -0.200. The van der Waals surface area contributed by atoms with Crippen molar-refractivity contribution in [1.82, 2.24) is 15.0 Å². The molecule has 0 aliphatic heterocycles. The average molecular weight is 803 g/mol. The predicted molar refractivity (Wildman–Crippen MR) is 250 cm³/mol. The number of thiophene rings is 1. The fourth-order valence-corrected chi connectivity index (χ4v) is 10.8. The molecule has 4 aromatic heterocycles. The zero-order chi connectivity index (χ0) is 40.4. The standard InChI is InChI=1S/C54H34N4O2S/c1-54(2)40-18-7-3-13-33(40)34-27-25-32(30-41(34)54)52-55-51(31-26-28-46-39(29-31)35-14-4-8-21-44(35)59-46)56-53(57-52)58(42-19-12-23-47-49(42)38-16-5-9-22-45(38)60-47)43-20-11-17-37-36-15-6-10-24-48(36)61-50(37)43/h3-30H,1-2H3. The first-order chi connectivity index (χ1) is 30.0. The molecule has 0 unspecified atom stereocenters. The lowest BCUT2D eigenvalue weighted by Gasteiger charge is -2.25. The van der Waals surface area contributed by atoms with E-state index < -0.39 is 0 Å². The van der Waals surface area contributed by atoms with Crippen molar-refractivity contribution in [3.8, 4) is 33.9 Å². The molecule has 1 aliphatic rings. The summed E-state index contributed by atoms with van der Waals surface area (Å²) < 4.78 is 15.1. The number of nitrogens with zero attached hydrogens (tertiary/aromatic N) is 4. The third-order valence-corrected chi connectivity index (χ3v) is 13.8. The largest absolute Gasteiger partial charge is 0.456 e. The molecular formula is C54H34N4O2S. The Hall–Kier alpha value is -7.61. The number of fused-ring (bicyclic) bond motifs is 12. The van der Waals surface area contributed by atoms with Crippen LogP contribution < -0.4 is 4.90 Å². The van der Waals surface area contributed by atoms with Gasteiger partial charge in [-0.05, 0) is 82.9 Å². The highest BCUT2D eigenvalue weighted by Gasteiger charge is 2.36. The van der Waals surface area contributed by atoms with Crippen molar-refractivity contribution in [3.63, 3.8) is 0 Å². The Kier molecular flexibility index (Phi) is 7.13. The molecule has 1 aliphatic carbocycles. The van der Waals surface area contributed by atoms with E-state index in [4.69, 9.17) is 23.8 Å². The lowest BCUT2D eigenvalue weighted by molar-refractivity contribution is 0.660. The van der Waals surface area contributed by atoms with E-state index in [0.29, 0.717) is 17.6 Å². The molecule has 0 atom stereocenters. The van der Waals surface area contributed by atoms with Gasteiger partial charge in [0.2, 0.25) is 5.95 Å². The highest BCUT2D eigenvalue weighted by atomic mass is 32.1. The monoisotopic (exact) mass is 802 g/mol. The number of anilines is 3. The van der Waals surface area contributed by atoms with Crippen LogP contribution in [0.25, 0.3) is 98.0 Å². The van der Waals surface area contributed by atoms with Gasteiger partial charge in [0.25, 0.3) is 0 Å². The molecule has 8 aromatic carbocycles. The maximum atomic E-state index is 6.51. The van der Waals surface area contributed by atoms with Crippen LogP contribution in [0.3, 0.4) is 0 Å². The van der Waals surface area contributed by atoms with Crippen molar-refractivity contribution in [2.45, 2.75) is 19.3 Å². The first-order valence-electron chi connectivity index (χ1n) is 20.5. The van der Waals surface area contributed by atoms with E-state index in [-0.39, 0.29) is 5.41 Å². The second kappa shape index (κ2) is 12.7. The molecule has 13 rings (SSSR count). The van der Waals surface area contributed by atoms with E-state index in [9.17, 15) is 0 Å². The SMILES string of the molecule is CC1(C)c2ccccc2-c2ccc(-c3nc(-c4ccc5oc6ccccc6c5c4)nc(N(c4cccc5c4sc4ccccc45)c4cccc5oc6ccccc6c45)n3)cc21. The number of rotatable bonds is 5. The molecule has 0 N–H and O–H groups in total. The predicted octanol–water partition coefficient (Wildman–Crippen LogP) is 15.1. The van der Waals surface area contributed by atoms with Crippen molar-refractivity contribution >= 4 is 92.7 Å². The summed E-state index contributed by atoms with van der Waals surface area (Å²) in [6, 6.07) is 59.4. The summed E-state index contributed by atoms with van der Waals surface area (Å²) in [6.45, 7) is 4.61. The highest BCUT2D eigenvalue weighted by Crippen LogP contribution is 2.51. The molecule has 288 valence electrons. The Morgan fingerprint density at radius 2 is 1.07 bits per heavy atom. The Morgan fingerprint density at radius 3 is 1.93 bits per heavy atom. The number of hydrogen-bond donors (Lipinski definition) is 0. The van der Waals surface area contributed by atoms with Crippen LogP contribution in [0.5, 0.6) is 0 Å². The summed E-state index contributed by atoms with van der Waals surface area (Å²) in [5.41, 5.74) is 11.8. The zero-order valence-electron chi connectivity index (χ0n) is 33.2. The van der Waals surface area contributed by atoms with Gasteiger partial charge in [-0.25, -0.2) is 4.98 Å². The average Bonchev–Trinajstić information content (AvgIpc) is 4.05. The molecular weight excluding hydrogens is 769 g/mol. The number of benzene rings is 8. The quantitative estimate of drug-likeness (QED) is 0.173. The van der Waals surface area contributed by atoms with Crippen LogP contribution in [-0.4, -0.2) is 15.0 Å². The minimum absolute atomic E-state index is 0.200. The van der Waals surface area contributed by atoms with Crippen LogP contribution >= 0.6 is 11.3 Å². The van der Waals surface area contributed by atoms with Crippen LogP contribution in [0.2, 0.25) is 0 Å². The van der Waals surface area contributed by atoms with Crippen LogP contribution in [-0.2, 0) is 5.41 Å². The van der Waals surface area contributed by atoms with Crippen LogP contribution in [0, 0.1) is 0 Å². The third-order valence-electron chi connectivity index (χ3n) is 12.5. The number of furan rings is 2. The number of para-hydroxylation sites is 2. The van der Waals surface area contributed by atoms with Gasteiger partial charge in [0.05, 0.1) is 21.5 Å². The molecule has 61 heavy (non-hydrogen) atoms. The van der Waals surface area contributed by atoms with Crippen LogP contribution in [0.4, 0.5) is 17.3 Å². The summed E-state index contributed by atoms with van der Waals surface area (Å²) in [7, 11) is 0. The normalized spacial score (nSPS) is 13.2. The number of aromatic nitrogens is 3. The molecule has 7 heteroatoms. The fourth-order valence-electron chi connectivity index (χ4n) is 9.63. The van der Waals surface area contributed by atoms with E-state index >= 15 is 0 Å². The van der Waals surface area contributed by atoms with Gasteiger partial charge in [-0.3, -0.25) is 4.90 Å². The molecule has 4 heterocycles. The minimum Gasteiger partial charge on any atom is -0.456 e. The second-order valence-electron chi connectivity index (χ2n) is 16.4. The van der Waals surface area contributed by atoms with Crippen molar-refractivity contribution < 1.29 is 8.83 Å². The van der Waals surface area contributed by atoms with Gasteiger partial charge in [-0.2, -0.15) is 9.97 Å². The van der Waals surface area contributed by atoms with Crippen molar-refractivity contribution in [1.29, 1.82) is 0 Å². The van der Waals surface area contributed by atoms with Crippen LogP contribution in [0.1, 0.15) is 25.0 Å². The van der Waals surface area contributed by atoms with Crippen molar-refractivity contribution in [3.05, 3.63) is 181 Å². The molecule has 0 bridgehead atoms. The van der Waals surface area contributed by atoms with Crippen molar-refractivity contribution in [2.24, 2.45) is 0 Å². The van der Waals surface area contributed by atoms with Gasteiger partial charge in [0.1, 0.15) is 22.3 Å². The third kappa shape index (κ3) is 5.04. The lowest BCUT2D eigenvalue weighted by atomic mass is 9.82. The van der Waals surface area contributed by atoms with Crippen molar-refractivity contribution in [2.75, 3.05) is 4.90 Å². The molecule has 0 amide bonds. The maximum absolute atomic E-state index is 6.51. The first kappa shape index (κ1) is 34.3. The summed E-state index contributed by atoms with van der Waals surface area (Å²) in [5.74, 6) is 1.65. The van der Waals surface area contributed by atoms with Gasteiger partial charge in [-0.15, -0.1) is 11.3 Å². The second-order valence-corrected chi connectivity index (χ2v) is 17.4. The van der Waals surface area contributed by atoms with E-state index in [0.717, 1.165) is 71.1 Å². The molecule has 12 aromatic rings. The Bertz CT molecular complexity index is 3780. The van der Waals surface area contributed by atoms with Gasteiger partial charge in [0.15, 0.2) is 11.6 Å². The number of hydrogen-bond acceptors (Lipinski definition) is 7. The maximum Gasteiger partial charge on any atom is 0.238 e. The molecule has 6 nitrogen and oxygen atoms in total. The Morgan fingerprint density at radius 1 is 0.459 bits per heavy atom. The molecule has 0 spiro atoms. The zero-order valence-corrected chi connectivity index (χ0v) is 34.0. The lowest BCUT2D eigenvalue weighted by Crippen LogP contribution is -2.16. The first-order valence-corrected chi connectivity index (χ1v) is 21.3. The van der Waals surface area contributed by atoms with Crippen LogP contribution in [0.15, 0.2) is 179 Å². The van der Waals surface area contributed by atoms with Gasteiger partial charge < -0.3 is 8.83 Å². The smallest absolute Gasteiger partial charge is 0.238 e. The summed E-state index contributed by atoms with van der Waals surface area (Å²) in [5, 5.41) is 6.47. The van der Waals surface area contributed by atoms with Gasteiger partial charge >= 0.3 is 0 Å². The van der Waals surface area contributed by atoms with Gasteiger partial charge in [-0.1, -0.05) is 123 Å². The van der Waals surface area contributed by atoms with Gasteiger partial charge in [0, 0.05) is 48.2 Å². The Labute approximate surface area is 354 Å². The van der Waals surface area contributed by atoms with E-state index in [1.807, 2.05) is 42.5 Å². The summed E-state index contributed by atoms with van der Waals surface area (Å²) >= 11 is 1.78. The summed E-state index contributed by atoms with van der Waals surface area (Å²) in [4.78, 5) is 18.5. The molecule has 0 fully saturated rings. The fraction of sp³-hybridized carbons (Fsp3) is 0.0556. The Balaban J connectivity index is 1.11. The highest BCUT2D eigenvalue weighted by molar-refractivity contribution is 7.26. The summed E-state index contributed by atoms with van der Waals surface area (Å²) in [6.07, 6.45) is 0. The molecule has 0 saturated heterocycles. The topological polar surface area (TPSA) is 68.2 Å². The van der Waals surface area contributed by atoms with E-state index in [2.05, 4.69) is 146 Å².